The van der Waals surface area contributed by atoms with Crippen LogP contribution >= 0.6 is 0 Å². The number of carbonyl (C=O) groups is 2. The first-order valence-electron chi connectivity index (χ1n) is 14.3. The van der Waals surface area contributed by atoms with Gasteiger partial charge in [-0.15, -0.1) is 0 Å². The van der Waals surface area contributed by atoms with E-state index in [0.29, 0.717) is 59.5 Å². The van der Waals surface area contributed by atoms with Crippen LogP contribution in [-0.4, -0.2) is 61.5 Å². The van der Waals surface area contributed by atoms with E-state index >= 15 is 0 Å². The maximum atomic E-state index is 12.9. The second kappa shape index (κ2) is 13.2. The molecule has 4 aromatic rings. The summed E-state index contributed by atoms with van der Waals surface area (Å²) in [6.45, 7) is 6.87. The Balaban J connectivity index is 1.23. The predicted molar refractivity (Wildman–Crippen MR) is 166 cm³/mol. The summed E-state index contributed by atoms with van der Waals surface area (Å²) >= 11 is 0. The van der Waals surface area contributed by atoms with Gasteiger partial charge in [0, 0.05) is 25.4 Å². The number of nitrogens with one attached hydrogen (secondary N) is 1. The van der Waals surface area contributed by atoms with Crippen LogP contribution in [0.1, 0.15) is 31.9 Å². The summed E-state index contributed by atoms with van der Waals surface area (Å²) in [6.07, 6.45) is 1.92. The van der Waals surface area contributed by atoms with Crippen molar-refractivity contribution >= 4 is 34.3 Å². The molecular weight excluding hydrogens is 564 g/mol. The molecule has 5 rings (SSSR count). The van der Waals surface area contributed by atoms with Gasteiger partial charge in [0.15, 0.2) is 11.5 Å². The van der Waals surface area contributed by atoms with Crippen molar-refractivity contribution in [2.45, 2.75) is 39.2 Å². The van der Waals surface area contributed by atoms with Gasteiger partial charge < -0.3 is 29.0 Å². The summed E-state index contributed by atoms with van der Waals surface area (Å²) in [6, 6.07) is 16.4. The smallest absolute Gasteiger partial charge is 0.414 e. The monoisotopic (exact) mass is 600 g/mol. The van der Waals surface area contributed by atoms with Crippen molar-refractivity contribution in [2.75, 3.05) is 44.2 Å². The van der Waals surface area contributed by atoms with Gasteiger partial charge >= 0.3 is 6.09 Å². The van der Waals surface area contributed by atoms with Gasteiger partial charge in [-0.3, -0.25) is 9.69 Å². The summed E-state index contributed by atoms with van der Waals surface area (Å²) in [5.74, 6) is 1.80. The van der Waals surface area contributed by atoms with Crippen LogP contribution in [0.5, 0.6) is 23.1 Å². The molecule has 1 aliphatic rings. The Morgan fingerprint density at radius 1 is 0.955 bits per heavy atom. The number of carbonyl (C=O) groups excluding carboxylic acids is 2. The molecule has 0 saturated heterocycles. The highest BCUT2D eigenvalue weighted by molar-refractivity contribution is 5.95. The van der Waals surface area contributed by atoms with Gasteiger partial charge in [0.05, 0.1) is 36.7 Å². The number of hydrogen-bond acceptors (Lipinski definition) is 9. The number of nitrogens with zero attached hydrogens (tertiary/aromatic N) is 3. The first-order chi connectivity index (χ1) is 21.1. The van der Waals surface area contributed by atoms with E-state index in [1.807, 2.05) is 51.1 Å². The molecule has 1 N–H and O–H groups in total. The molecule has 1 aliphatic heterocycles. The fourth-order valence-corrected chi connectivity index (χ4v) is 4.77. The lowest BCUT2D eigenvalue weighted by Gasteiger charge is -2.25. The molecule has 2 heterocycles. The molecule has 0 atom stereocenters. The third-order valence-corrected chi connectivity index (χ3v) is 6.81. The molecule has 0 spiro atoms. The average Bonchev–Trinajstić information content (AvgIpc) is 3.41. The summed E-state index contributed by atoms with van der Waals surface area (Å²) in [5.41, 5.74) is 3.25. The summed E-state index contributed by atoms with van der Waals surface area (Å²) in [4.78, 5) is 35.8. The molecule has 3 aromatic carbocycles. The SMILES string of the molecule is COCCOc1cc2ncnc(Oc3ccc(CC(=O)Nc4ccc5c(c4)N(C(=O)OC(C)(C)C)CC5)cc3)c2cc1OC. The largest absolute Gasteiger partial charge is 0.493 e. The van der Waals surface area contributed by atoms with E-state index in [9.17, 15) is 9.59 Å². The molecule has 0 saturated carbocycles. The Labute approximate surface area is 256 Å². The number of rotatable bonds is 10. The topological polar surface area (TPSA) is 121 Å². The van der Waals surface area contributed by atoms with Crippen molar-refractivity contribution in [3.8, 4) is 23.1 Å². The van der Waals surface area contributed by atoms with Gasteiger partial charge in [0.2, 0.25) is 11.8 Å². The molecule has 0 aliphatic carbocycles. The van der Waals surface area contributed by atoms with E-state index in [0.717, 1.165) is 23.2 Å². The van der Waals surface area contributed by atoms with Crippen molar-refractivity contribution in [1.29, 1.82) is 0 Å². The van der Waals surface area contributed by atoms with Gasteiger partial charge in [0.25, 0.3) is 0 Å². The van der Waals surface area contributed by atoms with Crippen LogP contribution in [0.25, 0.3) is 10.9 Å². The van der Waals surface area contributed by atoms with Crippen LogP contribution in [0.3, 0.4) is 0 Å². The fraction of sp³-hybridized carbons (Fsp3) is 0.333. The second-order valence-corrected chi connectivity index (χ2v) is 11.2. The number of anilines is 2. The molecule has 0 unspecified atom stereocenters. The van der Waals surface area contributed by atoms with Crippen molar-refractivity contribution in [1.82, 2.24) is 9.97 Å². The van der Waals surface area contributed by atoms with Crippen molar-refractivity contribution in [3.63, 3.8) is 0 Å². The summed E-state index contributed by atoms with van der Waals surface area (Å²) in [7, 11) is 3.17. The molecule has 1 aromatic heterocycles. The minimum absolute atomic E-state index is 0.159. The lowest BCUT2D eigenvalue weighted by atomic mass is 10.1. The van der Waals surface area contributed by atoms with Gasteiger partial charge in [-0.25, -0.2) is 14.8 Å². The molecule has 0 radical (unpaired) electrons. The molecule has 0 bridgehead atoms. The number of ether oxygens (including phenoxy) is 5. The third kappa shape index (κ3) is 7.35. The third-order valence-electron chi connectivity index (χ3n) is 6.81. The van der Waals surface area contributed by atoms with Crippen LogP contribution in [0.4, 0.5) is 16.2 Å². The fourth-order valence-electron chi connectivity index (χ4n) is 4.77. The minimum Gasteiger partial charge on any atom is -0.493 e. The number of amides is 2. The molecular formula is C33H36N4O7. The highest BCUT2D eigenvalue weighted by Gasteiger charge is 2.29. The standard InChI is InChI=1S/C33H36N4O7/c1-33(2,3)44-32(39)37-13-12-22-8-9-23(17-27(22)37)36-30(38)16-21-6-10-24(11-7-21)43-31-25-18-28(41-5)29(42-15-14-40-4)19-26(25)34-20-35-31/h6-11,17-20H,12-16H2,1-5H3,(H,36,38). The number of benzene rings is 3. The molecule has 2 amide bonds. The van der Waals surface area contributed by atoms with E-state index < -0.39 is 11.7 Å². The number of hydrogen-bond donors (Lipinski definition) is 1. The number of methoxy groups -OCH3 is 2. The Kier molecular flexibility index (Phi) is 9.15. The van der Waals surface area contributed by atoms with E-state index in [2.05, 4.69) is 15.3 Å². The molecule has 0 fully saturated rings. The van der Waals surface area contributed by atoms with E-state index in [-0.39, 0.29) is 12.3 Å². The van der Waals surface area contributed by atoms with Crippen molar-refractivity contribution < 1.29 is 33.3 Å². The number of aromatic nitrogens is 2. The minimum atomic E-state index is -0.591. The first kappa shape index (κ1) is 30.6. The molecule has 11 heteroatoms. The second-order valence-electron chi connectivity index (χ2n) is 11.2. The van der Waals surface area contributed by atoms with Crippen molar-refractivity contribution in [2.24, 2.45) is 0 Å². The van der Waals surface area contributed by atoms with Crippen LogP contribution in [0.2, 0.25) is 0 Å². The van der Waals surface area contributed by atoms with Gasteiger partial charge in [-0.05, 0) is 68.7 Å². The van der Waals surface area contributed by atoms with Crippen LogP contribution in [0.15, 0.2) is 60.9 Å². The normalized spacial score (nSPS) is 12.5. The van der Waals surface area contributed by atoms with Crippen LogP contribution < -0.4 is 24.4 Å². The van der Waals surface area contributed by atoms with Crippen LogP contribution in [-0.2, 0) is 27.1 Å². The van der Waals surface area contributed by atoms with Gasteiger partial charge in [0.1, 0.15) is 24.3 Å². The molecule has 44 heavy (non-hydrogen) atoms. The first-order valence-corrected chi connectivity index (χ1v) is 14.3. The highest BCUT2D eigenvalue weighted by Crippen LogP contribution is 2.36. The number of fused-ring (bicyclic) bond motifs is 2. The predicted octanol–water partition coefficient (Wildman–Crippen LogP) is 5.93. The molecule has 230 valence electrons. The maximum absolute atomic E-state index is 12.9. The van der Waals surface area contributed by atoms with Crippen LogP contribution in [0, 0.1) is 0 Å². The van der Waals surface area contributed by atoms with Gasteiger partial charge in [-0.1, -0.05) is 18.2 Å². The highest BCUT2D eigenvalue weighted by atomic mass is 16.6. The lowest BCUT2D eigenvalue weighted by molar-refractivity contribution is -0.115. The van der Waals surface area contributed by atoms with Gasteiger partial charge in [-0.2, -0.15) is 0 Å². The van der Waals surface area contributed by atoms with E-state index in [1.165, 1.54) is 6.33 Å². The molecule has 11 nitrogen and oxygen atoms in total. The Hall–Kier alpha value is -4.90. The van der Waals surface area contributed by atoms with E-state index in [4.69, 9.17) is 23.7 Å². The average molecular weight is 601 g/mol. The van der Waals surface area contributed by atoms with Crippen molar-refractivity contribution in [3.05, 3.63) is 72.1 Å². The zero-order chi connectivity index (χ0) is 31.3. The summed E-state index contributed by atoms with van der Waals surface area (Å²) in [5, 5.41) is 3.60. The Bertz CT molecular complexity index is 1650. The Morgan fingerprint density at radius 3 is 2.48 bits per heavy atom. The Morgan fingerprint density at radius 2 is 1.75 bits per heavy atom. The zero-order valence-electron chi connectivity index (χ0n) is 25.5. The maximum Gasteiger partial charge on any atom is 0.414 e. The zero-order valence-corrected chi connectivity index (χ0v) is 25.5. The summed E-state index contributed by atoms with van der Waals surface area (Å²) < 4.78 is 27.9. The lowest BCUT2D eigenvalue weighted by Crippen LogP contribution is -2.35. The quantitative estimate of drug-likeness (QED) is 0.221. The van der Waals surface area contributed by atoms with E-state index in [1.54, 1.807) is 43.4 Å².